The van der Waals surface area contributed by atoms with E-state index in [2.05, 4.69) is 0 Å². The monoisotopic (exact) mass is 121 g/mol. The molecule has 0 saturated heterocycles. The lowest BCUT2D eigenvalue weighted by atomic mass is 10.8. The summed E-state index contributed by atoms with van der Waals surface area (Å²) in [6, 6.07) is 0. The maximum absolute atomic E-state index is 9.67. The lowest BCUT2D eigenvalue weighted by Gasteiger charge is -1.85. The molecule has 7 heavy (non-hydrogen) atoms. The summed E-state index contributed by atoms with van der Waals surface area (Å²) in [7, 11) is 0. The Bertz CT molecular complexity index is 66.0. The minimum absolute atomic E-state index is 0.428. The minimum atomic E-state index is -0.856. The zero-order valence-corrected chi connectivity index (χ0v) is 4.57. The van der Waals surface area contributed by atoms with Crippen molar-refractivity contribution < 1.29 is 9.90 Å². The largest absolute Gasteiger partial charge is 0.473 e. The van der Waals surface area contributed by atoms with Crippen molar-refractivity contribution >= 4 is 17.1 Å². The smallest absolute Gasteiger partial charge is 0.364 e. The molecule has 0 aromatic rings. The summed E-state index contributed by atoms with van der Waals surface area (Å²) in [5.74, 6) is 0.495. The number of hydrogen-bond acceptors (Lipinski definition) is 3. The Morgan fingerprint density at radius 2 is 2.43 bits per heavy atom. The molecular weight excluding hydrogens is 114 g/mol. The van der Waals surface area contributed by atoms with E-state index in [9.17, 15) is 4.79 Å². The van der Waals surface area contributed by atoms with Crippen molar-refractivity contribution in [2.24, 2.45) is 5.73 Å². The van der Waals surface area contributed by atoms with Crippen molar-refractivity contribution in [1.82, 2.24) is 0 Å². The van der Waals surface area contributed by atoms with Crippen LogP contribution in [0.1, 0.15) is 0 Å². The molecule has 0 saturated carbocycles. The molecule has 0 atom stereocenters. The highest BCUT2D eigenvalue weighted by Crippen LogP contribution is 1.96. The van der Waals surface area contributed by atoms with E-state index < -0.39 is 5.30 Å². The summed E-state index contributed by atoms with van der Waals surface area (Å²) in [5.41, 5.74) is 4.99. The summed E-state index contributed by atoms with van der Waals surface area (Å²) in [6.45, 7) is 0.428. The molecule has 4 heteroatoms. The molecule has 0 aliphatic carbocycles. The van der Waals surface area contributed by atoms with Gasteiger partial charge in [0.15, 0.2) is 0 Å². The summed E-state index contributed by atoms with van der Waals surface area (Å²) >= 11 is 0.823. The van der Waals surface area contributed by atoms with Crippen LogP contribution in [0.4, 0.5) is 4.79 Å². The van der Waals surface area contributed by atoms with Crippen LogP contribution in [-0.2, 0) is 0 Å². The average Bonchev–Trinajstić information content (AvgIpc) is 1.61. The fourth-order valence-electron chi connectivity index (χ4n) is 0.146. The molecule has 0 amide bonds. The number of carboxylic acid groups (broad SMARTS) is 1. The first-order valence-corrected chi connectivity index (χ1v) is 2.81. The second-order valence-electron chi connectivity index (χ2n) is 0.903. The molecule has 42 valence electrons. The highest BCUT2D eigenvalue weighted by atomic mass is 32.2. The van der Waals surface area contributed by atoms with Gasteiger partial charge in [0.05, 0.1) is 0 Å². The predicted molar refractivity (Wildman–Crippen MR) is 29.5 cm³/mol. The minimum Gasteiger partial charge on any atom is -0.473 e. The Balaban J connectivity index is 2.82. The van der Waals surface area contributed by atoms with Gasteiger partial charge < -0.3 is 10.8 Å². The van der Waals surface area contributed by atoms with Gasteiger partial charge in [-0.2, -0.15) is 0 Å². The molecule has 3 nitrogen and oxygen atoms in total. The van der Waals surface area contributed by atoms with Crippen molar-refractivity contribution in [1.29, 1.82) is 0 Å². The second-order valence-corrected chi connectivity index (χ2v) is 1.95. The fraction of sp³-hybridized carbons (Fsp3) is 0.667. The third kappa shape index (κ3) is 5.78. The normalized spacial score (nSPS) is 8.71. The molecular formula is C3H7NO2S. The molecule has 0 fully saturated rings. The fourth-order valence-corrected chi connectivity index (χ4v) is 0.439. The quantitative estimate of drug-likeness (QED) is 0.553. The van der Waals surface area contributed by atoms with Crippen LogP contribution >= 0.6 is 11.8 Å². The van der Waals surface area contributed by atoms with E-state index in [1.54, 1.807) is 0 Å². The van der Waals surface area contributed by atoms with Gasteiger partial charge in [0.25, 0.3) is 0 Å². The van der Waals surface area contributed by atoms with Gasteiger partial charge in [-0.1, -0.05) is 0 Å². The molecule has 0 aromatic heterocycles. The van der Waals surface area contributed by atoms with Crippen LogP contribution in [0.3, 0.4) is 0 Å². The van der Waals surface area contributed by atoms with Crippen LogP contribution < -0.4 is 5.73 Å². The summed E-state index contributed by atoms with van der Waals surface area (Å²) in [4.78, 5) is 9.67. The maximum Gasteiger partial charge on any atom is 0.364 e. The van der Waals surface area contributed by atoms with E-state index in [0.717, 1.165) is 11.8 Å². The summed E-state index contributed by atoms with van der Waals surface area (Å²) in [6.07, 6.45) is 0. The number of hydrogen-bond donors (Lipinski definition) is 2. The topological polar surface area (TPSA) is 63.3 Å². The van der Waals surface area contributed by atoms with Gasteiger partial charge in [0.2, 0.25) is 0 Å². The average molecular weight is 121 g/mol. The third-order valence-corrected chi connectivity index (χ3v) is 1.03. The SMILES string of the molecule is NCCSC(=O)O. The molecule has 0 spiro atoms. The van der Waals surface area contributed by atoms with Gasteiger partial charge >= 0.3 is 5.30 Å². The van der Waals surface area contributed by atoms with Crippen LogP contribution in [0.5, 0.6) is 0 Å². The van der Waals surface area contributed by atoms with Crippen LogP contribution in [0, 0.1) is 0 Å². The maximum atomic E-state index is 9.67. The van der Waals surface area contributed by atoms with Crippen LogP contribution in [0.2, 0.25) is 0 Å². The molecule has 0 aliphatic rings. The zero-order chi connectivity index (χ0) is 5.70. The van der Waals surface area contributed by atoms with E-state index in [-0.39, 0.29) is 0 Å². The first-order valence-electron chi connectivity index (χ1n) is 1.83. The van der Waals surface area contributed by atoms with Gasteiger partial charge in [0, 0.05) is 12.3 Å². The Morgan fingerprint density at radius 3 is 2.57 bits per heavy atom. The lowest BCUT2D eigenvalue weighted by molar-refractivity contribution is 0.222. The van der Waals surface area contributed by atoms with Crippen molar-refractivity contribution in [2.45, 2.75) is 0 Å². The third-order valence-electron chi connectivity index (χ3n) is 0.343. The van der Waals surface area contributed by atoms with Crippen LogP contribution in [-0.4, -0.2) is 22.7 Å². The predicted octanol–water partition coefficient (Wildman–Crippen LogP) is 0.356. The van der Waals surface area contributed by atoms with Gasteiger partial charge in [0.1, 0.15) is 0 Å². The Hall–Kier alpha value is -0.220. The summed E-state index contributed by atoms with van der Waals surface area (Å²) in [5, 5.41) is 7.10. The molecule has 0 aliphatic heterocycles. The van der Waals surface area contributed by atoms with E-state index in [4.69, 9.17) is 10.8 Å². The standard InChI is InChI=1S/C3H7NO2S/c4-1-2-7-3(5)6/h1-2,4H2,(H,5,6). The molecule has 0 heterocycles. The van der Waals surface area contributed by atoms with Crippen molar-refractivity contribution in [2.75, 3.05) is 12.3 Å². The first kappa shape index (κ1) is 6.78. The van der Waals surface area contributed by atoms with Gasteiger partial charge in [-0.3, -0.25) is 0 Å². The Morgan fingerprint density at radius 1 is 1.86 bits per heavy atom. The second kappa shape index (κ2) is 3.95. The van der Waals surface area contributed by atoms with Crippen molar-refractivity contribution in [3.05, 3.63) is 0 Å². The Kier molecular flexibility index (Phi) is 3.83. The molecule has 3 N–H and O–H groups in total. The number of nitrogens with two attached hydrogens (primary N) is 1. The molecule has 0 unspecified atom stereocenters. The molecule has 0 rings (SSSR count). The number of thioether (sulfide) groups is 1. The van der Waals surface area contributed by atoms with E-state index in [1.807, 2.05) is 0 Å². The first-order chi connectivity index (χ1) is 3.27. The lowest BCUT2D eigenvalue weighted by Crippen LogP contribution is -2.02. The molecule has 0 bridgehead atoms. The Labute approximate surface area is 45.9 Å². The highest BCUT2D eigenvalue weighted by molar-refractivity contribution is 8.13. The van der Waals surface area contributed by atoms with Gasteiger partial charge in [-0.05, 0) is 11.8 Å². The van der Waals surface area contributed by atoms with E-state index in [0.29, 0.717) is 12.3 Å². The number of carbonyl (C=O) groups is 1. The van der Waals surface area contributed by atoms with E-state index >= 15 is 0 Å². The van der Waals surface area contributed by atoms with E-state index in [1.165, 1.54) is 0 Å². The number of rotatable bonds is 2. The van der Waals surface area contributed by atoms with Crippen molar-refractivity contribution in [3.63, 3.8) is 0 Å². The highest BCUT2D eigenvalue weighted by Gasteiger charge is 1.91. The van der Waals surface area contributed by atoms with Crippen LogP contribution in [0.25, 0.3) is 0 Å². The van der Waals surface area contributed by atoms with Crippen LogP contribution in [0.15, 0.2) is 0 Å². The molecule has 0 aromatic carbocycles. The van der Waals surface area contributed by atoms with Gasteiger partial charge in [-0.15, -0.1) is 0 Å². The zero-order valence-electron chi connectivity index (χ0n) is 3.76. The van der Waals surface area contributed by atoms with Gasteiger partial charge in [-0.25, -0.2) is 4.79 Å². The summed E-state index contributed by atoms with van der Waals surface area (Å²) < 4.78 is 0. The van der Waals surface area contributed by atoms with Crippen molar-refractivity contribution in [3.8, 4) is 0 Å². The molecule has 0 radical (unpaired) electrons.